The Hall–Kier alpha value is -8.40. The molecule has 0 saturated carbocycles. The van der Waals surface area contributed by atoms with Gasteiger partial charge in [0, 0.05) is 19.3 Å². The van der Waals surface area contributed by atoms with E-state index in [1.54, 1.807) is 55.4 Å². The maximum Gasteiger partial charge on any atom is 0.326 e. The van der Waals surface area contributed by atoms with Crippen molar-refractivity contribution < 1.29 is 83.1 Å². The van der Waals surface area contributed by atoms with Crippen molar-refractivity contribution in [3.8, 4) is 11.5 Å². The fraction of sp³-hybridized carbons (Fsp3) is 0.571. The molecule has 0 unspecified atom stereocenters. The largest absolute Gasteiger partial charge is 0.508 e. The zero-order chi connectivity index (χ0) is 63.7. The third-order valence-electron chi connectivity index (χ3n) is 13.4. The third kappa shape index (κ3) is 25.0. The van der Waals surface area contributed by atoms with Gasteiger partial charge in [0.05, 0.1) is 19.1 Å². The van der Waals surface area contributed by atoms with Crippen molar-refractivity contribution in [2.24, 2.45) is 35.1 Å². The molecule has 2 aromatic rings. The number of primary amides is 1. The second-order valence-corrected chi connectivity index (χ2v) is 21.9. The molecule has 0 bridgehead atoms. The quantitative estimate of drug-likeness (QED) is 0.0358. The summed E-state index contributed by atoms with van der Waals surface area (Å²) in [5.74, 6) is -14.2. The maximum atomic E-state index is 14.4. The van der Waals surface area contributed by atoms with Gasteiger partial charge < -0.3 is 84.9 Å². The standard InChI is InChI=1S/C56H85N11O17/c1-10-30(8)45(58)55(82)65-41(25-43(57)71)52(79)62-37(21-27(2)3)50(77)60-36(19-20-44(72)73)48(75)61-38(22-28(4)5)51(78)63-39(23-32-11-15-34(69)16-12-32)49(76)59-31(9)47(74)66-42(26-68)54(81)64-40(24-33-13-17-35(70)18-14-33)53(80)67-46(29(6)7)56(83)84/h11-18,27-31,36-42,45-46,68-70H,10,19-26,58H2,1-9H3,(H2,57,71)(H,59,76)(H,60,77)(H,61,75)(H,62,79)(H,63,78)(H,64,81)(H,65,82)(H,66,74)(H,67,80)(H,72,73)(H,83,84)/t30-,31-,36-,37-,38-,39-,40-,41-,42-,45-,46-/m0/s1. The molecular formula is C56H85N11O17. The van der Waals surface area contributed by atoms with Crippen LogP contribution in [-0.4, -0.2) is 164 Å². The van der Waals surface area contributed by atoms with Gasteiger partial charge in [-0.15, -0.1) is 0 Å². The van der Waals surface area contributed by atoms with Gasteiger partial charge in [0.15, 0.2) is 0 Å². The summed E-state index contributed by atoms with van der Waals surface area (Å²) in [6.07, 6.45) is -2.01. The second-order valence-electron chi connectivity index (χ2n) is 21.9. The van der Waals surface area contributed by atoms with E-state index in [4.69, 9.17) is 11.5 Å². The van der Waals surface area contributed by atoms with Crippen LogP contribution < -0.4 is 59.3 Å². The van der Waals surface area contributed by atoms with Crippen molar-refractivity contribution >= 4 is 71.0 Å². The number of nitrogens with one attached hydrogen (secondary N) is 9. The predicted octanol–water partition coefficient (Wildman–Crippen LogP) is -1.80. The number of benzene rings is 2. The zero-order valence-electron chi connectivity index (χ0n) is 48.9. The van der Waals surface area contributed by atoms with Crippen LogP contribution in [0.4, 0.5) is 0 Å². The van der Waals surface area contributed by atoms with Gasteiger partial charge in [0.2, 0.25) is 59.1 Å². The number of phenols is 2. The molecule has 28 heteroatoms. The van der Waals surface area contributed by atoms with E-state index in [1.165, 1.54) is 55.5 Å². The molecule has 0 aliphatic rings. The fourth-order valence-electron chi connectivity index (χ4n) is 8.29. The van der Waals surface area contributed by atoms with E-state index in [0.717, 1.165) is 0 Å². The monoisotopic (exact) mass is 1180 g/mol. The van der Waals surface area contributed by atoms with E-state index in [9.17, 15) is 83.1 Å². The Morgan fingerprint density at radius 3 is 1.24 bits per heavy atom. The van der Waals surface area contributed by atoms with Gasteiger partial charge in [-0.1, -0.05) is 86.1 Å². The number of hydrogen-bond donors (Lipinski definition) is 16. The fourth-order valence-corrected chi connectivity index (χ4v) is 8.29. The summed E-state index contributed by atoms with van der Waals surface area (Å²) in [6, 6.07) is -3.77. The van der Waals surface area contributed by atoms with E-state index in [1.807, 2.05) is 0 Å². The van der Waals surface area contributed by atoms with Crippen molar-refractivity contribution in [3.63, 3.8) is 0 Å². The van der Waals surface area contributed by atoms with E-state index in [-0.39, 0.29) is 54.9 Å². The highest BCUT2D eigenvalue weighted by Crippen LogP contribution is 2.16. The molecule has 0 spiro atoms. The molecule has 0 aliphatic heterocycles. The zero-order valence-corrected chi connectivity index (χ0v) is 48.9. The van der Waals surface area contributed by atoms with E-state index < -0.39 is 163 Å². The molecule has 0 radical (unpaired) electrons. The summed E-state index contributed by atoms with van der Waals surface area (Å²) in [4.78, 5) is 160. The average Bonchev–Trinajstić information content (AvgIpc) is 3.48. The molecule has 28 nitrogen and oxygen atoms in total. The number of carboxylic acid groups (broad SMARTS) is 2. The highest BCUT2D eigenvalue weighted by Gasteiger charge is 2.36. The number of phenolic OH excluding ortho intramolecular Hbond substituents is 2. The summed E-state index contributed by atoms with van der Waals surface area (Å²) in [6.45, 7) is 13.6. The number of carbonyl (C=O) groups excluding carboxylic acids is 10. The van der Waals surface area contributed by atoms with E-state index >= 15 is 0 Å². The van der Waals surface area contributed by atoms with Gasteiger partial charge >= 0.3 is 11.9 Å². The topological polar surface area (TPSA) is 466 Å². The number of hydrogen-bond acceptors (Lipinski definition) is 16. The molecule has 11 atom stereocenters. The molecular weight excluding hydrogens is 1100 g/mol. The summed E-state index contributed by atoms with van der Waals surface area (Å²) in [5, 5.41) is 71.4. The molecule has 0 fully saturated rings. The van der Waals surface area contributed by atoms with Crippen molar-refractivity contribution in [2.75, 3.05) is 6.61 Å². The highest BCUT2D eigenvalue weighted by molar-refractivity contribution is 5.99. The normalized spacial score (nSPS) is 15.2. The first kappa shape index (κ1) is 71.7. The van der Waals surface area contributed by atoms with E-state index in [0.29, 0.717) is 17.5 Å². The second kappa shape index (κ2) is 34.9. The van der Waals surface area contributed by atoms with Crippen LogP contribution in [0.15, 0.2) is 48.5 Å². The Balaban J connectivity index is 2.44. The number of carbonyl (C=O) groups is 12. The molecule has 2 aromatic carbocycles. The van der Waals surface area contributed by atoms with Gasteiger partial charge in [0.1, 0.15) is 65.9 Å². The summed E-state index contributed by atoms with van der Waals surface area (Å²) >= 11 is 0. The van der Waals surface area contributed by atoms with Gasteiger partial charge in [0.25, 0.3) is 0 Å². The minimum atomic E-state index is -1.75. The first-order chi connectivity index (χ1) is 39.3. The lowest BCUT2D eigenvalue weighted by Gasteiger charge is -2.28. The van der Waals surface area contributed by atoms with Crippen LogP contribution >= 0.6 is 0 Å². The molecule has 0 heterocycles. The molecule has 18 N–H and O–H groups in total. The number of aliphatic carboxylic acids is 2. The van der Waals surface area contributed by atoms with Crippen LogP contribution in [0.3, 0.4) is 0 Å². The number of rotatable bonds is 36. The number of aliphatic hydroxyl groups excluding tert-OH is 1. The SMILES string of the molecule is CC[C@H](C)[C@H](N)C(=O)N[C@@H](CC(N)=O)C(=O)N[C@@H](CC(C)C)C(=O)N[C@@H](CCC(=O)O)C(=O)N[C@@H](CC(C)C)C(=O)N[C@@H](Cc1ccc(O)cc1)C(=O)N[C@@H](C)C(=O)N[C@@H](CO)C(=O)N[C@@H](Cc1ccc(O)cc1)C(=O)N[C@H](C(=O)O)C(C)C. The van der Waals surface area contributed by atoms with Crippen molar-refractivity contribution in [2.45, 2.75) is 174 Å². The van der Waals surface area contributed by atoms with Gasteiger partial charge in [-0.3, -0.25) is 52.7 Å². The van der Waals surface area contributed by atoms with Crippen LogP contribution in [-0.2, 0) is 70.4 Å². The Kier molecular flexibility index (Phi) is 29.8. The minimum Gasteiger partial charge on any atom is -0.508 e. The summed E-state index contributed by atoms with van der Waals surface area (Å²) < 4.78 is 0. The first-order valence-electron chi connectivity index (χ1n) is 27.6. The van der Waals surface area contributed by atoms with Crippen molar-refractivity contribution in [3.05, 3.63) is 59.7 Å². The summed E-state index contributed by atoms with van der Waals surface area (Å²) in [5.41, 5.74) is 12.3. The Labute approximate surface area is 487 Å². The Morgan fingerprint density at radius 2 is 0.845 bits per heavy atom. The smallest absolute Gasteiger partial charge is 0.326 e. The van der Waals surface area contributed by atoms with Gasteiger partial charge in [-0.2, -0.15) is 0 Å². The number of nitrogens with two attached hydrogens (primary N) is 2. The first-order valence-corrected chi connectivity index (χ1v) is 27.6. The lowest BCUT2D eigenvalue weighted by Crippen LogP contribution is -2.61. The van der Waals surface area contributed by atoms with Crippen LogP contribution in [0.25, 0.3) is 0 Å². The Morgan fingerprint density at radius 1 is 0.476 bits per heavy atom. The minimum absolute atomic E-state index is 0.0605. The molecule has 0 saturated heterocycles. The lowest BCUT2D eigenvalue weighted by atomic mass is 9.98. The maximum absolute atomic E-state index is 14.4. The summed E-state index contributed by atoms with van der Waals surface area (Å²) in [7, 11) is 0. The number of amides is 10. The molecule has 10 amide bonds. The van der Waals surface area contributed by atoms with Crippen LogP contribution in [0.2, 0.25) is 0 Å². The number of aromatic hydroxyl groups is 2. The van der Waals surface area contributed by atoms with Gasteiger partial charge in [-0.25, -0.2) is 4.79 Å². The molecule has 84 heavy (non-hydrogen) atoms. The number of aliphatic hydroxyl groups is 1. The predicted molar refractivity (Wildman–Crippen MR) is 303 cm³/mol. The third-order valence-corrected chi connectivity index (χ3v) is 13.4. The molecule has 466 valence electrons. The lowest BCUT2D eigenvalue weighted by molar-refractivity contribution is -0.143. The van der Waals surface area contributed by atoms with Crippen molar-refractivity contribution in [1.82, 2.24) is 47.9 Å². The average molecular weight is 1180 g/mol. The van der Waals surface area contributed by atoms with Gasteiger partial charge in [-0.05, 0) is 85.3 Å². The molecule has 0 aromatic heterocycles. The van der Waals surface area contributed by atoms with Crippen LogP contribution in [0.5, 0.6) is 11.5 Å². The Bertz CT molecular complexity index is 2600. The van der Waals surface area contributed by atoms with E-state index in [2.05, 4.69) is 47.9 Å². The highest BCUT2D eigenvalue weighted by atomic mass is 16.4. The van der Waals surface area contributed by atoms with Crippen LogP contribution in [0, 0.1) is 23.7 Å². The number of carboxylic acids is 2. The van der Waals surface area contributed by atoms with Crippen molar-refractivity contribution in [1.29, 1.82) is 0 Å². The molecule has 2 rings (SSSR count). The molecule has 0 aliphatic carbocycles. The van der Waals surface area contributed by atoms with Crippen LogP contribution in [0.1, 0.15) is 112 Å².